The van der Waals surface area contributed by atoms with Crippen LogP contribution in [0.25, 0.3) is 5.52 Å². The van der Waals surface area contributed by atoms with Gasteiger partial charge in [-0.25, -0.2) is 19.0 Å². The minimum Gasteiger partial charge on any atom is -0.494 e. The molecule has 11 heteroatoms. The van der Waals surface area contributed by atoms with Crippen molar-refractivity contribution in [3.63, 3.8) is 0 Å². The van der Waals surface area contributed by atoms with Crippen molar-refractivity contribution in [2.24, 2.45) is 0 Å². The van der Waals surface area contributed by atoms with E-state index in [4.69, 9.17) is 9.47 Å². The van der Waals surface area contributed by atoms with Crippen LogP contribution < -0.4 is 15.0 Å². The molecule has 4 aromatic rings. The summed E-state index contributed by atoms with van der Waals surface area (Å²) in [6.45, 7) is 10.0. The van der Waals surface area contributed by atoms with Crippen molar-refractivity contribution in [1.29, 1.82) is 5.26 Å². The number of carbonyl (C=O) groups excluding carboxylic acids is 1. The van der Waals surface area contributed by atoms with Crippen LogP contribution >= 0.6 is 0 Å². The number of hydrogen-bond donors (Lipinski definition) is 2. The molecule has 222 valence electrons. The van der Waals surface area contributed by atoms with Crippen LogP contribution in [0.5, 0.6) is 5.75 Å². The SMILES string of the molecule is CCOc1ccc(N(C(=O)OC(C)(C)C)c2c(C)c(NC3CN(C(=O)O)Cc4ccccc43)c(C#N)c3ccnn23)cc1. The Balaban J connectivity index is 1.70. The van der Waals surface area contributed by atoms with E-state index in [2.05, 4.69) is 16.5 Å². The number of rotatable bonds is 6. The maximum atomic E-state index is 13.9. The molecule has 0 spiro atoms. The summed E-state index contributed by atoms with van der Waals surface area (Å²) in [7, 11) is 0. The fourth-order valence-corrected chi connectivity index (χ4v) is 5.33. The Labute approximate surface area is 249 Å². The average Bonchev–Trinajstić information content (AvgIpc) is 3.44. The summed E-state index contributed by atoms with van der Waals surface area (Å²) < 4.78 is 13.0. The molecule has 1 aliphatic rings. The standard InChI is InChI=1S/C32H34N6O5/c1-6-42-23-13-11-22(12-14-23)37(31(41)43-32(3,4)5)29-20(2)28(25(17-33)27-15-16-34-38(27)29)35-26-19-36(30(39)40)18-21-9-7-8-10-24(21)26/h7-16,26,35H,6,18-19H2,1-5H3,(H,39,40). The molecule has 0 saturated heterocycles. The second-order valence-corrected chi connectivity index (χ2v) is 11.2. The van der Waals surface area contributed by atoms with E-state index in [9.17, 15) is 20.0 Å². The lowest BCUT2D eigenvalue weighted by molar-refractivity contribution is 0.0597. The summed E-state index contributed by atoms with van der Waals surface area (Å²) in [6.07, 6.45) is -0.0967. The van der Waals surface area contributed by atoms with E-state index in [1.54, 1.807) is 68.7 Å². The number of aromatic nitrogens is 2. The third-order valence-electron chi connectivity index (χ3n) is 7.15. The van der Waals surface area contributed by atoms with Crippen molar-refractivity contribution < 1.29 is 24.2 Å². The van der Waals surface area contributed by atoms with Gasteiger partial charge in [0, 0.05) is 18.7 Å². The summed E-state index contributed by atoms with van der Waals surface area (Å²) in [5.74, 6) is 1.02. The summed E-state index contributed by atoms with van der Waals surface area (Å²) >= 11 is 0. The van der Waals surface area contributed by atoms with Crippen LogP contribution in [0, 0.1) is 18.3 Å². The van der Waals surface area contributed by atoms with E-state index in [0.29, 0.717) is 46.2 Å². The van der Waals surface area contributed by atoms with Gasteiger partial charge in [0.15, 0.2) is 0 Å². The molecule has 1 atom stereocenters. The van der Waals surface area contributed by atoms with Crippen molar-refractivity contribution in [3.8, 4) is 11.8 Å². The van der Waals surface area contributed by atoms with Gasteiger partial charge in [-0.2, -0.15) is 10.4 Å². The molecular formula is C32H34N6O5. The lowest BCUT2D eigenvalue weighted by atomic mass is 9.94. The number of nitrogens with zero attached hydrogens (tertiary/aromatic N) is 5. The Bertz CT molecular complexity index is 1720. The highest BCUT2D eigenvalue weighted by Gasteiger charge is 2.33. The van der Waals surface area contributed by atoms with Gasteiger partial charge in [0.2, 0.25) is 0 Å². The van der Waals surface area contributed by atoms with E-state index in [1.807, 2.05) is 31.2 Å². The van der Waals surface area contributed by atoms with E-state index in [-0.39, 0.29) is 13.1 Å². The highest BCUT2D eigenvalue weighted by atomic mass is 16.6. The van der Waals surface area contributed by atoms with Crippen LogP contribution in [-0.4, -0.2) is 50.6 Å². The van der Waals surface area contributed by atoms with Crippen LogP contribution in [0.2, 0.25) is 0 Å². The highest BCUT2D eigenvalue weighted by Crippen LogP contribution is 2.40. The molecule has 43 heavy (non-hydrogen) atoms. The van der Waals surface area contributed by atoms with Crippen molar-refractivity contribution in [3.05, 3.63) is 83.0 Å². The average molecular weight is 583 g/mol. The first-order chi connectivity index (χ1) is 20.5. The smallest absolute Gasteiger partial charge is 0.420 e. The number of nitriles is 1. The maximum absolute atomic E-state index is 13.9. The molecule has 11 nitrogen and oxygen atoms in total. The van der Waals surface area contributed by atoms with E-state index >= 15 is 0 Å². The second-order valence-electron chi connectivity index (χ2n) is 11.2. The monoisotopic (exact) mass is 582 g/mol. The zero-order chi connectivity index (χ0) is 30.9. The molecule has 1 unspecified atom stereocenters. The van der Waals surface area contributed by atoms with Gasteiger partial charge >= 0.3 is 12.2 Å². The third-order valence-corrected chi connectivity index (χ3v) is 7.15. The van der Waals surface area contributed by atoms with Gasteiger partial charge in [-0.3, -0.25) is 0 Å². The van der Waals surface area contributed by atoms with Crippen LogP contribution in [-0.2, 0) is 11.3 Å². The predicted molar refractivity (Wildman–Crippen MR) is 162 cm³/mol. The lowest BCUT2D eigenvalue weighted by Gasteiger charge is -2.35. The van der Waals surface area contributed by atoms with Gasteiger partial charge in [0.1, 0.15) is 28.8 Å². The van der Waals surface area contributed by atoms with Crippen LogP contribution in [0.15, 0.2) is 60.8 Å². The van der Waals surface area contributed by atoms with Crippen molar-refractivity contribution in [2.75, 3.05) is 23.4 Å². The fraction of sp³-hybridized carbons (Fsp3) is 0.312. The van der Waals surface area contributed by atoms with E-state index in [1.165, 1.54) is 9.80 Å². The Morgan fingerprint density at radius 1 is 1.16 bits per heavy atom. The zero-order valence-corrected chi connectivity index (χ0v) is 24.8. The molecular weight excluding hydrogens is 548 g/mol. The first-order valence-corrected chi connectivity index (χ1v) is 14.0. The molecule has 0 fully saturated rings. The molecule has 2 aromatic carbocycles. The Kier molecular flexibility index (Phi) is 7.87. The normalized spacial score (nSPS) is 14.5. The molecule has 2 aromatic heterocycles. The molecule has 0 saturated carbocycles. The van der Waals surface area contributed by atoms with Gasteiger partial charge in [0.05, 0.1) is 35.7 Å². The van der Waals surface area contributed by atoms with Crippen LogP contribution in [0.4, 0.5) is 26.8 Å². The lowest BCUT2D eigenvalue weighted by Crippen LogP contribution is -2.40. The minimum absolute atomic E-state index is 0.172. The third kappa shape index (κ3) is 5.77. The number of fused-ring (bicyclic) bond motifs is 2. The number of carboxylic acid groups (broad SMARTS) is 1. The first kappa shape index (κ1) is 29.3. The quantitative estimate of drug-likeness (QED) is 0.259. The molecule has 3 heterocycles. The van der Waals surface area contributed by atoms with Gasteiger partial charge in [-0.15, -0.1) is 0 Å². The van der Waals surface area contributed by atoms with Crippen LogP contribution in [0.3, 0.4) is 0 Å². The minimum atomic E-state index is -1.03. The molecule has 2 amide bonds. The Hall–Kier alpha value is -5.24. The topological polar surface area (TPSA) is 132 Å². The number of pyridine rings is 1. The molecule has 0 bridgehead atoms. The summed E-state index contributed by atoms with van der Waals surface area (Å²) in [4.78, 5) is 28.7. The summed E-state index contributed by atoms with van der Waals surface area (Å²) in [5.41, 5.74) is 3.35. The Morgan fingerprint density at radius 3 is 2.53 bits per heavy atom. The van der Waals surface area contributed by atoms with Crippen molar-refractivity contribution in [1.82, 2.24) is 14.5 Å². The summed E-state index contributed by atoms with van der Waals surface area (Å²) in [5, 5.41) is 28.2. The maximum Gasteiger partial charge on any atom is 0.420 e. The fourth-order valence-electron chi connectivity index (χ4n) is 5.33. The van der Waals surface area contributed by atoms with Gasteiger partial charge in [-0.1, -0.05) is 24.3 Å². The number of benzene rings is 2. The molecule has 0 radical (unpaired) electrons. The number of nitrogens with one attached hydrogen (secondary N) is 1. The number of carbonyl (C=O) groups is 2. The number of ether oxygens (including phenoxy) is 2. The van der Waals surface area contributed by atoms with E-state index < -0.39 is 23.8 Å². The number of amides is 2. The van der Waals surface area contributed by atoms with E-state index in [0.717, 1.165) is 11.1 Å². The van der Waals surface area contributed by atoms with Gasteiger partial charge in [-0.05, 0) is 76.1 Å². The largest absolute Gasteiger partial charge is 0.494 e. The highest BCUT2D eigenvalue weighted by molar-refractivity contribution is 5.98. The molecule has 0 aliphatic carbocycles. The molecule has 1 aliphatic heterocycles. The van der Waals surface area contributed by atoms with Gasteiger partial charge < -0.3 is 24.8 Å². The zero-order valence-electron chi connectivity index (χ0n) is 24.8. The summed E-state index contributed by atoms with van der Waals surface area (Å²) in [6, 6.07) is 18.3. The second kappa shape index (κ2) is 11.6. The van der Waals surface area contributed by atoms with Crippen molar-refractivity contribution >= 4 is 34.9 Å². The molecule has 2 N–H and O–H groups in total. The first-order valence-electron chi connectivity index (χ1n) is 14.0. The number of anilines is 3. The molecule has 5 rings (SSSR count). The van der Waals surface area contributed by atoms with Gasteiger partial charge in [0.25, 0.3) is 0 Å². The predicted octanol–water partition coefficient (Wildman–Crippen LogP) is 6.63. The van der Waals surface area contributed by atoms with Crippen LogP contribution in [0.1, 0.15) is 56.0 Å². The van der Waals surface area contributed by atoms with Crippen molar-refractivity contribution in [2.45, 2.75) is 52.8 Å². The Morgan fingerprint density at radius 2 is 1.88 bits per heavy atom. The number of hydrogen-bond acceptors (Lipinski definition) is 7.